The minimum absolute atomic E-state index is 0.0393. The quantitative estimate of drug-likeness (QED) is 0.481. The van der Waals surface area contributed by atoms with Gasteiger partial charge in [0.2, 0.25) is 0 Å². The third-order valence-electron chi connectivity index (χ3n) is 3.37. The number of hydrogen-bond acceptors (Lipinski definition) is 6. The van der Waals surface area contributed by atoms with Crippen LogP contribution < -0.4 is 5.32 Å². The Labute approximate surface area is 108 Å². The number of halogens is 1. The average Bonchev–Trinajstić information content (AvgIpc) is 2.63. The number of ether oxygens (including phenoxy) is 2. The summed E-state index contributed by atoms with van der Waals surface area (Å²) in [6.07, 6.45) is -5.20. The number of methoxy groups -OCH3 is 1. The topological polar surface area (TPSA) is 111 Å². The molecule has 0 bridgehead atoms. The largest absolute Gasteiger partial charge is 0.394 e. The maximum absolute atomic E-state index is 14.6. The Balaban J connectivity index is 2.20. The molecule has 0 aromatic rings. The van der Waals surface area contributed by atoms with Crippen LogP contribution in [0.5, 0.6) is 0 Å². The molecule has 0 aromatic carbocycles. The van der Waals surface area contributed by atoms with Crippen LogP contribution in [0, 0.1) is 0 Å². The number of nitrogens with one attached hydrogen (secondary N) is 1. The smallest absolute Gasteiger partial charge is 0.321 e. The summed E-state index contributed by atoms with van der Waals surface area (Å²) in [7, 11) is 1.04. The lowest BCUT2D eigenvalue weighted by Gasteiger charge is -2.38. The molecule has 1 unspecified atom stereocenters. The highest BCUT2D eigenvalue weighted by atomic mass is 19.2. The first-order valence-electron chi connectivity index (χ1n) is 5.87. The highest BCUT2D eigenvalue weighted by Crippen LogP contribution is 2.37. The maximum atomic E-state index is 14.6. The van der Waals surface area contributed by atoms with Gasteiger partial charge in [-0.05, 0) is 0 Å². The number of rotatable bonds is 3. The van der Waals surface area contributed by atoms with Crippen molar-refractivity contribution in [2.75, 3.05) is 20.3 Å². The van der Waals surface area contributed by atoms with Gasteiger partial charge in [-0.15, -0.1) is 0 Å². The van der Waals surface area contributed by atoms with E-state index in [0.717, 1.165) is 12.0 Å². The van der Waals surface area contributed by atoms with Crippen molar-refractivity contribution in [1.82, 2.24) is 10.2 Å². The molecule has 2 fully saturated rings. The molecule has 0 radical (unpaired) electrons. The maximum Gasteiger partial charge on any atom is 0.321 e. The van der Waals surface area contributed by atoms with Gasteiger partial charge in [-0.1, -0.05) is 0 Å². The van der Waals surface area contributed by atoms with Crippen molar-refractivity contribution in [3.8, 4) is 0 Å². The standard InChI is InChI=1S/C10H17FN2O6/c1-18-10(11)7(16)5(4-14)19-8(10)13-3-2-6(15)12-9(13)17/h5-8,14-16H,2-4H2,1H3,(H,12,17)/t5-,6?,7-,8-,10+/m1/s1. The monoisotopic (exact) mass is 280 g/mol. The van der Waals surface area contributed by atoms with Gasteiger partial charge in [0.15, 0.2) is 6.23 Å². The summed E-state index contributed by atoms with van der Waals surface area (Å²) in [6.45, 7) is -0.567. The molecule has 8 nitrogen and oxygen atoms in total. The number of urea groups is 1. The van der Waals surface area contributed by atoms with E-state index in [1.807, 2.05) is 0 Å². The van der Waals surface area contributed by atoms with Crippen LogP contribution in [0.1, 0.15) is 6.42 Å². The Hall–Kier alpha value is -1.00. The molecule has 4 N–H and O–H groups in total. The Morgan fingerprint density at radius 2 is 2.32 bits per heavy atom. The van der Waals surface area contributed by atoms with Crippen molar-refractivity contribution in [3.63, 3.8) is 0 Å². The minimum atomic E-state index is -2.63. The Morgan fingerprint density at radius 1 is 1.63 bits per heavy atom. The van der Waals surface area contributed by atoms with Crippen LogP contribution in [-0.4, -0.2) is 77.0 Å². The molecule has 2 rings (SSSR count). The summed E-state index contributed by atoms with van der Waals surface area (Å²) >= 11 is 0. The van der Waals surface area contributed by atoms with E-state index in [-0.39, 0.29) is 13.0 Å². The third kappa shape index (κ3) is 2.28. The summed E-state index contributed by atoms with van der Waals surface area (Å²) in [5.41, 5.74) is 0. The van der Waals surface area contributed by atoms with Crippen molar-refractivity contribution in [3.05, 3.63) is 0 Å². The summed E-state index contributed by atoms with van der Waals surface area (Å²) in [6, 6.07) is -0.728. The summed E-state index contributed by atoms with van der Waals surface area (Å²) in [4.78, 5) is 12.7. The fourth-order valence-corrected chi connectivity index (χ4v) is 2.27. The molecule has 2 saturated heterocycles. The van der Waals surface area contributed by atoms with E-state index in [9.17, 15) is 19.4 Å². The fourth-order valence-electron chi connectivity index (χ4n) is 2.27. The van der Waals surface area contributed by atoms with E-state index in [1.165, 1.54) is 0 Å². The molecule has 19 heavy (non-hydrogen) atoms. The second kappa shape index (κ2) is 5.17. The van der Waals surface area contributed by atoms with E-state index in [4.69, 9.17) is 9.84 Å². The van der Waals surface area contributed by atoms with Crippen LogP contribution in [0.4, 0.5) is 9.18 Å². The summed E-state index contributed by atoms with van der Waals surface area (Å²) < 4.78 is 24.4. The van der Waals surface area contributed by atoms with E-state index in [2.05, 4.69) is 10.1 Å². The van der Waals surface area contributed by atoms with Crippen LogP contribution in [0.2, 0.25) is 0 Å². The summed E-state index contributed by atoms with van der Waals surface area (Å²) in [5.74, 6) is -2.63. The molecule has 0 aliphatic carbocycles. The Bertz CT molecular complexity index is 359. The van der Waals surface area contributed by atoms with Crippen molar-refractivity contribution in [1.29, 1.82) is 0 Å². The Kier molecular flexibility index (Phi) is 3.92. The van der Waals surface area contributed by atoms with E-state index < -0.39 is 43.2 Å². The molecule has 9 heteroatoms. The zero-order valence-electron chi connectivity index (χ0n) is 10.3. The molecular weight excluding hydrogens is 263 g/mol. The predicted octanol–water partition coefficient (Wildman–Crippen LogP) is -1.89. The van der Waals surface area contributed by atoms with Gasteiger partial charge in [0, 0.05) is 20.1 Å². The van der Waals surface area contributed by atoms with Gasteiger partial charge in [0.05, 0.1) is 6.61 Å². The lowest BCUT2D eigenvalue weighted by molar-refractivity contribution is -0.224. The zero-order valence-corrected chi connectivity index (χ0v) is 10.3. The first-order valence-corrected chi connectivity index (χ1v) is 5.87. The van der Waals surface area contributed by atoms with Crippen molar-refractivity contribution < 1.29 is 34.0 Å². The van der Waals surface area contributed by atoms with Gasteiger partial charge in [0.1, 0.15) is 18.4 Å². The molecule has 0 saturated carbocycles. The van der Waals surface area contributed by atoms with Crippen LogP contribution >= 0.6 is 0 Å². The van der Waals surface area contributed by atoms with Gasteiger partial charge >= 0.3 is 6.03 Å². The molecule has 0 aromatic heterocycles. The molecule has 0 spiro atoms. The highest BCUT2D eigenvalue weighted by Gasteiger charge is 2.61. The number of alkyl halides is 1. The van der Waals surface area contributed by atoms with Gasteiger partial charge in [-0.3, -0.25) is 4.90 Å². The normalized spacial score (nSPS) is 43.4. The third-order valence-corrected chi connectivity index (χ3v) is 3.37. The second-order valence-corrected chi connectivity index (χ2v) is 4.50. The lowest BCUT2D eigenvalue weighted by Crippen LogP contribution is -2.61. The number of hydrogen-bond donors (Lipinski definition) is 4. The second-order valence-electron chi connectivity index (χ2n) is 4.50. The van der Waals surface area contributed by atoms with E-state index in [0.29, 0.717) is 0 Å². The predicted molar refractivity (Wildman–Crippen MR) is 58.5 cm³/mol. The first-order chi connectivity index (χ1) is 8.93. The van der Waals surface area contributed by atoms with Gasteiger partial charge in [-0.25, -0.2) is 9.18 Å². The molecule has 2 aliphatic heterocycles. The molecule has 5 atom stereocenters. The van der Waals surface area contributed by atoms with Gasteiger partial charge < -0.3 is 30.1 Å². The van der Waals surface area contributed by atoms with E-state index >= 15 is 0 Å². The molecule has 110 valence electrons. The SMILES string of the molecule is CO[C@@]1(F)[C@H](O)[C@@H](CO)O[C@H]1N1CCC(O)NC1=O. The van der Waals surface area contributed by atoms with Crippen molar-refractivity contribution >= 4 is 6.03 Å². The number of aliphatic hydroxyl groups excluding tert-OH is 3. The molecule has 2 heterocycles. The number of nitrogens with zero attached hydrogens (tertiary/aromatic N) is 1. The lowest BCUT2D eigenvalue weighted by atomic mass is 10.1. The number of carbonyl (C=O) groups is 1. The van der Waals surface area contributed by atoms with Crippen LogP contribution in [0.3, 0.4) is 0 Å². The summed E-state index contributed by atoms with van der Waals surface area (Å²) in [5, 5.41) is 30.3. The van der Waals surface area contributed by atoms with Crippen LogP contribution in [0.25, 0.3) is 0 Å². The first kappa shape index (κ1) is 14.4. The van der Waals surface area contributed by atoms with Gasteiger partial charge in [0.25, 0.3) is 5.85 Å². The number of aliphatic hydroxyl groups is 3. The van der Waals surface area contributed by atoms with E-state index in [1.54, 1.807) is 0 Å². The molecular formula is C10H17FN2O6. The average molecular weight is 280 g/mol. The number of carbonyl (C=O) groups excluding carboxylic acids is 1. The van der Waals surface area contributed by atoms with Crippen LogP contribution in [0.15, 0.2) is 0 Å². The van der Waals surface area contributed by atoms with Crippen molar-refractivity contribution in [2.24, 2.45) is 0 Å². The van der Waals surface area contributed by atoms with Crippen molar-refractivity contribution in [2.45, 2.75) is 36.9 Å². The van der Waals surface area contributed by atoms with Gasteiger partial charge in [-0.2, -0.15) is 0 Å². The van der Waals surface area contributed by atoms with Crippen LogP contribution in [-0.2, 0) is 9.47 Å². The minimum Gasteiger partial charge on any atom is -0.394 e. The highest BCUT2D eigenvalue weighted by molar-refractivity contribution is 5.75. The molecule has 2 aliphatic rings. The zero-order chi connectivity index (χ0) is 14.2. The fraction of sp³-hybridized carbons (Fsp3) is 0.900. The Morgan fingerprint density at radius 3 is 2.84 bits per heavy atom. The molecule has 2 amide bonds. The number of amides is 2.